The smallest absolute Gasteiger partial charge is 0.119 e. The second-order valence-electron chi connectivity index (χ2n) is 3.01. The van der Waals surface area contributed by atoms with Crippen LogP contribution in [0, 0.1) is 5.41 Å². The van der Waals surface area contributed by atoms with Gasteiger partial charge in [-0.15, -0.1) is 9.24 Å². The molecule has 0 saturated carbocycles. The highest BCUT2D eigenvalue weighted by Gasteiger charge is 2.15. The van der Waals surface area contributed by atoms with Gasteiger partial charge in [0, 0.05) is 0 Å². The van der Waals surface area contributed by atoms with Gasteiger partial charge >= 0.3 is 0 Å². The minimum Gasteiger partial charge on any atom is -0.207 e. The lowest BCUT2D eigenvalue weighted by Gasteiger charge is -2.18. The lowest BCUT2D eigenvalue weighted by Crippen LogP contribution is -2.04. The molecule has 0 bridgehead atoms. The molecule has 0 aliphatic rings. The molecule has 0 saturated heterocycles. The molecule has 0 amide bonds. The van der Waals surface area contributed by atoms with Crippen LogP contribution in [0.15, 0.2) is 10.9 Å². The predicted octanol–water partition coefficient (Wildman–Crippen LogP) is 2.92. The maximum atomic E-state index is 12.4. The summed E-state index contributed by atoms with van der Waals surface area (Å²) in [6.07, 6.45) is 0. The van der Waals surface area contributed by atoms with E-state index in [1.165, 1.54) is 0 Å². The zero-order chi connectivity index (χ0) is 7.65. The summed E-state index contributed by atoms with van der Waals surface area (Å²) in [6, 6.07) is 0. The topological polar surface area (TPSA) is 0 Å². The van der Waals surface area contributed by atoms with E-state index in [4.69, 9.17) is 0 Å². The summed E-state index contributed by atoms with van der Waals surface area (Å²) in [5.74, 6) is 0. The van der Waals surface area contributed by atoms with Crippen molar-refractivity contribution < 1.29 is 4.39 Å². The van der Waals surface area contributed by atoms with Crippen molar-refractivity contribution in [1.29, 1.82) is 0 Å². The van der Waals surface area contributed by atoms with Crippen LogP contribution in [-0.4, -0.2) is 0 Å². The fraction of sp³-hybridized carbons (Fsp3) is 0.667. The molecule has 0 heterocycles. The molecule has 0 fully saturated rings. The number of rotatable bonds is 0. The molecule has 2 unspecified atom stereocenters. The van der Waals surface area contributed by atoms with Gasteiger partial charge in [-0.1, -0.05) is 30.0 Å². The largest absolute Gasteiger partial charge is 0.207 e. The minimum atomic E-state index is -0.174. The normalized spacial score (nSPS) is 15.3. The van der Waals surface area contributed by atoms with Gasteiger partial charge in [-0.3, -0.25) is 0 Å². The molecule has 0 nitrogen and oxygen atoms in total. The first kappa shape index (κ1) is 9.53. The average Bonchev–Trinajstić information content (AvgIpc) is 1.62. The molecule has 54 valence electrons. The van der Waals surface area contributed by atoms with E-state index in [0.29, 0.717) is 5.31 Å². The first-order chi connectivity index (χ1) is 3.85. The zero-order valence-electron chi connectivity index (χ0n) is 6.03. The van der Waals surface area contributed by atoms with E-state index in [2.05, 4.69) is 18.5 Å². The number of hydrogen-bond acceptors (Lipinski definition) is 0. The molecule has 0 N–H and O–H groups in total. The van der Waals surface area contributed by atoms with E-state index in [1.54, 1.807) is 0 Å². The molecule has 0 rings (SSSR count). The Hall–Kier alpha value is 0.530. The molecule has 0 spiro atoms. The number of hydrogen-bond donors (Lipinski definition) is 0. The van der Waals surface area contributed by atoms with Crippen molar-refractivity contribution in [2.24, 2.45) is 5.41 Å². The molecular weight excluding hydrogens is 153 g/mol. The van der Waals surface area contributed by atoms with Crippen LogP contribution in [0.1, 0.15) is 20.8 Å². The SMILES string of the molecule is CC(C)(C)/C(P)=C(\F)P. The third-order valence-corrected chi connectivity index (χ3v) is 2.85. The van der Waals surface area contributed by atoms with Crippen molar-refractivity contribution in [3.05, 3.63) is 10.9 Å². The van der Waals surface area contributed by atoms with Crippen LogP contribution in [0.2, 0.25) is 0 Å². The van der Waals surface area contributed by atoms with Gasteiger partial charge in [0.1, 0.15) is 5.57 Å². The van der Waals surface area contributed by atoms with Crippen LogP contribution < -0.4 is 0 Å². The van der Waals surface area contributed by atoms with E-state index >= 15 is 0 Å². The molecule has 9 heavy (non-hydrogen) atoms. The van der Waals surface area contributed by atoms with Crippen LogP contribution in [0.25, 0.3) is 0 Å². The molecular formula is C6H13FP2. The highest BCUT2D eigenvalue weighted by molar-refractivity contribution is 7.27. The summed E-state index contributed by atoms with van der Waals surface area (Å²) in [7, 11) is 4.45. The van der Waals surface area contributed by atoms with Gasteiger partial charge in [0.15, 0.2) is 0 Å². The molecule has 3 heteroatoms. The van der Waals surface area contributed by atoms with Gasteiger partial charge in [-0.05, 0) is 10.7 Å². The van der Waals surface area contributed by atoms with Gasteiger partial charge in [0.25, 0.3) is 0 Å². The molecule has 0 aliphatic heterocycles. The highest BCUT2D eigenvalue weighted by atomic mass is 31.0. The highest BCUT2D eigenvalue weighted by Crippen LogP contribution is 2.35. The summed E-state index contributed by atoms with van der Waals surface area (Å²) >= 11 is 0. The standard InChI is InChI=1S/C6H13FP2/c1-6(2,3)4(8)5(7)9/h8-9H2,1-3H3/b5-4-. The van der Waals surface area contributed by atoms with Crippen LogP contribution in [0.4, 0.5) is 4.39 Å². The summed E-state index contributed by atoms with van der Waals surface area (Å²) in [6.45, 7) is 5.91. The quantitative estimate of drug-likeness (QED) is 0.485. The van der Waals surface area contributed by atoms with Crippen LogP contribution in [0.5, 0.6) is 0 Å². The second-order valence-corrected chi connectivity index (χ2v) is 4.10. The lowest BCUT2D eigenvalue weighted by atomic mass is 9.97. The van der Waals surface area contributed by atoms with Crippen LogP contribution in [0.3, 0.4) is 0 Å². The monoisotopic (exact) mass is 166 g/mol. The Labute approximate surface area is 60.7 Å². The predicted molar refractivity (Wildman–Crippen MR) is 47.0 cm³/mol. The Bertz CT molecular complexity index is 128. The number of allylic oxidation sites excluding steroid dienone is 1. The van der Waals surface area contributed by atoms with Gasteiger partial charge in [0.2, 0.25) is 0 Å². The molecule has 0 aromatic rings. The third-order valence-electron chi connectivity index (χ3n) is 1.07. The Balaban J connectivity index is 4.40. The van der Waals surface area contributed by atoms with Crippen molar-refractivity contribution in [3.63, 3.8) is 0 Å². The van der Waals surface area contributed by atoms with Crippen molar-refractivity contribution in [2.75, 3.05) is 0 Å². The Morgan fingerprint density at radius 1 is 1.22 bits per heavy atom. The first-order valence-electron chi connectivity index (χ1n) is 2.77. The van der Waals surface area contributed by atoms with E-state index in [1.807, 2.05) is 20.8 Å². The fourth-order valence-corrected chi connectivity index (χ4v) is 0.791. The van der Waals surface area contributed by atoms with E-state index in [9.17, 15) is 4.39 Å². The van der Waals surface area contributed by atoms with Crippen LogP contribution in [-0.2, 0) is 0 Å². The van der Waals surface area contributed by atoms with E-state index in [-0.39, 0.29) is 11.0 Å². The van der Waals surface area contributed by atoms with Gasteiger partial charge < -0.3 is 0 Å². The molecule has 0 aromatic heterocycles. The van der Waals surface area contributed by atoms with Crippen molar-refractivity contribution in [3.8, 4) is 0 Å². The van der Waals surface area contributed by atoms with Gasteiger partial charge in [-0.25, -0.2) is 4.39 Å². The van der Waals surface area contributed by atoms with Crippen molar-refractivity contribution >= 4 is 18.5 Å². The molecule has 0 radical (unpaired) electrons. The number of halogens is 1. The van der Waals surface area contributed by atoms with Gasteiger partial charge in [-0.2, -0.15) is 0 Å². The van der Waals surface area contributed by atoms with Crippen molar-refractivity contribution in [1.82, 2.24) is 0 Å². The summed E-state index contributed by atoms with van der Waals surface area (Å²) < 4.78 is 12.4. The maximum absolute atomic E-state index is 12.4. The zero-order valence-corrected chi connectivity index (χ0v) is 8.34. The third kappa shape index (κ3) is 3.28. The Morgan fingerprint density at radius 3 is 1.56 bits per heavy atom. The summed E-state index contributed by atoms with van der Waals surface area (Å²) in [5.41, 5.74) is -0.247. The van der Waals surface area contributed by atoms with Crippen LogP contribution >= 0.6 is 18.5 Å². The second kappa shape index (κ2) is 3.08. The first-order valence-corrected chi connectivity index (χ1v) is 3.92. The summed E-state index contributed by atoms with van der Waals surface area (Å²) in [4.78, 5) is 0. The minimum absolute atomic E-state index is 0.0729. The maximum Gasteiger partial charge on any atom is 0.119 e. The molecule has 2 atom stereocenters. The van der Waals surface area contributed by atoms with Crippen molar-refractivity contribution in [2.45, 2.75) is 20.8 Å². The molecule has 0 aromatic carbocycles. The van der Waals surface area contributed by atoms with Gasteiger partial charge in [0.05, 0.1) is 0 Å². The average molecular weight is 166 g/mol. The fourth-order valence-electron chi connectivity index (χ4n) is 0.358. The van der Waals surface area contributed by atoms with E-state index in [0.717, 1.165) is 0 Å². The summed E-state index contributed by atoms with van der Waals surface area (Å²) in [5, 5.41) is 0.715. The lowest BCUT2D eigenvalue weighted by molar-refractivity contribution is 0.514. The Kier molecular flexibility index (Phi) is 3.26. The Morgan fingerprint density at radius 2 is 1.56 bits per heavy atom. The van der Waals surface area contributed by atoms with E-state index < -0.39 is 0 Å². The molecule has 0 aliphatic carbocycles.